The molecule has 1 N–H and O–H groups in total. The summed E-state index contributed by atoms with van der Waals surface area (Å²) in [6, 6.07) is 24.5. The zero-order valence-corrected chi connectivity index (χ0v) is 21.4. The van der Waals surface area contributed by atoms with Crippen molar-refractivity contribution in [1.29, 1.82) is 0 Å². The molecule has 1 aliphatic rings. The molecule has 8 heteroatoms. The van der Waals surface area contributed by atoms with Crippen molar-refractivity contribution in [3.05, 3.63) is 84.4 Å². The third-order valence-electron chi connectivity index (χ3n) is 6.37. The molecule has 190 valence electrons. The zero-order valence-electron chi connectivity index (χ0n) is 20.6. The normalized spacial score (nSPS) is 13.3. The monoisotopic (exact) mass is 524 g/mol. The number of nitrogens with zero attached hydrogens (tertiary/aromatic N) is 1. The Bertz CT molecular complexity index is 1640. The lowest BCUT2D eigenvalue weighted by Crippen LogP contribution is -2.32. The van der Waals surface area contributed by atoms with E-state index in [2.05, 4.69) is 5.32 Å². The number of hydrogen-bond donors (Lipinski definition) is 1. The second kappa shape index (κ2) is 10.1. The SMILES string of the molecule is CCC(OC(=O)c1cccc2cccc(-c3nc4ccccc4s3)c12)C(=O)Nc1ccc2c(c1)OCCO2. The van der Waals surface area contributed by atoms with Crippen LogP contribution in [-0.2, 0) is 9.53 Å². The van der Waals surface area contributed by atoms with Crippen LogP contribution >= 0.6 is 11.3 Å². The van der Waals surface area contributed by atoms with Crippen LogP contribution in [0.2, 0.25) is 0 Å². The molecule has 2 heterocycles. The van der Waals surface area contributed by atoms with Crippen molar-refractivity contribution in [3.8, 4) is 22.1 Å². The summed E-state index contributed by atoms with van der Waals surface area (Å²) in [5, 5.41) is 5.29. The molecule has 1 aromatic heterocycles. The number of anilines is 1. The first-order chi connectivity index (χ1) is 18.6. The van der Waals surface area contributed by atoms with E-state index in [0.717, 1.165) is 31.6 Å². The van der Waals surface area contributed by atoms with Crippen molar-refractivity contribution in [2.24, 2.45) is 0 Å². The summed E-state index contributed by atoms with van der Waals surface area (Å²) in [7, 11) is 0. The lowest BCUT2D eigenvalue weighted by atomic mass is 9.99. The number of aromatic nitrogens is 1. The second-order valence-corrected chi connectivity index (χ2v) is 9.88. The standard InChI is InChI=1S/C30H24N2O5S/c1-2-23(28(33)31-19-13-14-24-25(17-19)36-16-15-35-24)37-30(34)21-10-6-8-18-7-5-9-20(27(18)21)29-32-22-11-3-4-12-26(22)38-29/h3-14,17,23H,2,15-16H2,1H3,(H,31,33). The van der Waals surface area contributed by atoms with E-state index < -0.39 is 18.0 Å². The van der Waals surface area contributed by atoms with Crippen molar-refractivity contribution in [2.45, 2.75) is 19.4 Å². The van der Waals surface area contributed by atoms with Crippen LogP contribution in [0.1, 0.15) is 23.7 Å². The Morgan fingerprint density at radius 1 is 0.974 bits per heavy atom. The maximum atomic E-state index is 13.5. The number of thiazole rings is 1. The van der Waals surface area contributed by atoms with Crippen LogP contribution in [0.4, 0.5) is 5.69 Å². The summed E-state index contributed by atoms with van der Waals surface area (Å²) in [6.07, 6.45) is -0.655. The van der Waals surface area contributed by atoms with E-state index >= 15 is 0 Å². The van der Waals surface area contributed by atoms with Crippen molar-refractivity contribution < 1.29 is 23.8 Å². The summed E-state index contributed by atoms with van der Waals surface area (Å²) in [6.45, 7) is 2.74. The number of esters is 1. The summed E-state index contributed by atoms with van der Waals surface area (Å²) < 4.78 is 18.0. The molecule has 6 rings (SSSR count). The molecule has 5 aromatic rings. The van der Waals surface area contributed by atoms with Gasteiger partial charge in [-0.2, -0.15) is 0 Å². The Morgan fingerprint density at radius 2 is 1.76 bits per heavy atom. The highest BCUT2D eigenvalue weighted by molar-refractivity contribution is 7.21. The molecule has 1 unspecified atom stereocenters. The topological polar surface area (TPSA) is 86.8 Å². The van der Waals surface area contributed by atoms with Crippen LogP contribution in [0.3, 0.4) is 0 Å². The molecule has 0 saturated carbocycles. The van der Waals surface area contributed by atoms with Gasteiger partial charge in [0.25, 0.3) is 5.91 Å². The van der Waals surface area contributed by atoms with Gasteiger partial charge in [-0.1, -0.05) is 49.4 Å². The lowest BCUT2D eigenvalue weighted by Gasteiger charge is -2.20. The number of amides is 1. The number of hydrogen-bond acceptors (Lipinski definition) is 7. The minimum absolute atomic E-state index is 0.317. The van der Waals surface area contributed by atoms with Gasteiger partial charge in [0, 0.05) is 22.7 Å². The molecule has 1 amide bonds. The Hall–Kier alpha value is -4.43. The minimum atomic E-state index is -0.972. The van der Waals surface area contributed by atoms with E-state index in [0.29, 0.717) is 42.4 Å². The van der Waals surface area contributed by atoms with Gasteiger partial charge in [-0.15, -0.1) is 11.3 Å². The molecule has 38 heavy (non-hydrogen) atoms. The van der Waals surface area contributed by atoms with Crippen LogP contribution < -0.4 is 14.8 Å². The van der Waals surface area contributed by atoms with Crippen LogP contribution in [0, 0.1) is 0 Å². The highest BCUT2D eigenvalue weighted by atomic mass is 32.1. The Kier molecular flexibility index (Phi) is 6.39. The van der Waals surface area contributed by atoms with Gasteiger partial charge in [0.2, 0.25) is 0 Å². The van der Waals surface area contributed by atoms with Gasteiger partial charge in [-0.25, -0.2) is 9.78 Å². The number of fused-ring (bicyclic) bond motifs is 3. The number of ether oxygens (including phenoxy) is 3. The summed E-state index contributed by atoms with van der Waals surface area (Å²) in [5.41, 5.74) is 2.69. The van der Waals surface area contributed by atoms with Crippen molar-refractivity contribution in [3.63, 3.8) is 0 Å². The van der Waals surface area contributed by atoms with E-state index in [9.17, 15) is 9.59 Å². The number of carbonyl (C=O) groups excluding carboxylic acids is 2. The van der Waals surface area contributed by atoms with Gasteiger partial charge in [0.15, 0.2) is 17.6 Å². The van der Waals surface area contributed by atoms with Crippen LogP contribution in [0.25, 0.3) is 31.6 Å². The summed E-state index contributed by atoms with van der Waals surface area (Å²) >= 11 is 1.57. The molecule has 1 aliphatic heterocycles. The molecule has 0 radical (unpaired) electrons. The van der Waals surface area contributed by atoms with E-state index in [1.54, 1.807) is 42.5 Å². The molecule has 1 atom stereocenters. The van der Waals surface area contributed by atoms with Gasteiger partial charge >= 0.3 is 5.97 Å². The van der Waals surface area contributed by atoms with Crippen LogP contribution in [0.15, 0.2) is 78.9 Å². The Balaban J connectivity index is 1.28. The average Bonchev–Trinajstić information content (AvgIpc) is 3.39. The summed E-state index contributed by atoms with van der Waals surface area (Å²) in [4.78, 5) is 31.3. The maximum Gasteiger partial charge on any atom is 0.339 e. The lowest BCUT2D eigenvalue weighted by molar-refractivity contribution is -0.124. The Morgan fingerprint density at radius 3 is 2.58 bits per heavy atom. The predicted octanol–water partition coefficient (Wildman–Crippen LogP) is 6.46. The first-order valence-corrected chi connectivity index (χ1v) is 13.2. The van der Waals surface area contributed by atoms with Gasteiger partial charge in [0.1, 0.15) is 18.2 Å². The molecular weight excluding hydrogens is 500 g/mol. The fourth-order valence-corrected chi connectivity index (χ4v) is 5.53. The number of para-hydroxylation sites is 1. The molecule has 0 bridgehead atoms. The van der Waals surface area contributed by atoms with Gasteiger partial charge in [-0.3, -0.25) is 4.79 Å². The molecule has 0 saturated heterocycles. The van der Waals surface area contributed by atoms with Crippen LogP contribution in [-0.4, -0.2) is 36.2 Å². The van der Waals surface area contributed by atoms with Crippen molar-refractivity contribution in [1.82, 2.24) is 4.98 Å². The van der Waals surface area contributed by atoms with Gasteiger partial charge < -0.3 is 19.5 Å². The maximum absolute atomic E-state index is 13.5. The number of nitrogens with one attached hydrogen (secondary N) is 1. The predicted molar refractivity (Wildman–Crippen MR) is 148 cm³/mol. The second-order valence-electron chi connectivity index (χ2n) is 8.85. The molecular formula is C30H24N2O5S. The summed E-state index contributed by atoms with van der Waals surface area (Å²) in [5.74, 6) is 0.224. The fourth-order valence-electron chi connectivity index (χ4n) is 4.54. The highest BCUT2D eigenvalue weighted by Gasteiger charge is 2.25. The average molecular weight is 525 g/mol. The van der Waals surface area contributed by atoms with E-state index in [-0.39, 0.29) is 0 Å². The van der Waals surface area contributed by atoms with E-state index in [4.69, 9.17) is 19.2 Å². The molecule has 7 nitrogen and oxygen atoms in total. The Labute approximate surface area is 223 Å². The van der Waals surface area contributed by atoms with E-state index in [1.807, 2.05) is 54.6 Å². The van der Waals surface area contributed by atoms with Crippen LogP contribution in [0.5, 0.6) is 11.5 Å². The third kappa shape index (κ3) is 4.54. The fraction of sp³-hybridized carbons (Fsp3) is 0.167. The van der Waals surface area contributed by atoms with Gasteiger partial charge in [0.05, 0.1) is 15.8 Å². The first-order valence-electron chi connectivity index (χ1n) is 12.4. The highest BCUT2D eigenvalue weighted by Crippen LogP contribution is 2.37. The number of carbonyl (C=O) groups is 2. The molecule has 0 spiro atoms. The molecule has 0 aliphatic carbocycles. The van der Waals surface area contributed by atoms with Crippen molar-refractivity contribution in [2.75, 3.05) is 18.5 Å². The quantitative estimate of drug-likeness (QED) is 0.257. The molecule has 0 fully saturated rings. The smallest absolute Gasteiger partial charge is 0.339 e. The number of benzene rings is 4. The largest absolute Gasteiger partial charge is 0.486 e. The first kappa shape index (κ1) is 23.9. The van der Waals surface area contributed by atoms with Crippen molar-refractivity contribution >= 4 is 49.9 Å². The third-order valence-corrected chi connectivity index (χ3v) is 7.44. The van der Waals surface area contributed by atoms with E-state index in [1.165, 1.54) is 0 Å². The van der Waals surface area contributed by atoms with Gasteiger partial charge in [-0.05, 0) is 42.1 Å². The zero-order chi connectivity index (χ0) is 26.1. The minimum Gasteiger partial charge on any atom is -0.486 e. The molecule has 4 aromatic carbocycles. The number of rotatable bonds is 6.